The lowest BCUT2D eigenvalue weighted by molar-refractivity contribution is -0.137. The number of nitrogens with zero attached hydrogens (tertiary/aromatic N) is 1. The molecule has 0 aliphatic carbocycles. The summed E-state index contributed by atoms with van der Waals surface area (Å²) >= 11 is 5.73. The van der Waals surface area contributed by atoms with Crippen molar-refractivity contribution in [3.05, 3.63) is 102 Å². The van der Waals surface area contributed by atoms with Crippen LogP contribution in [0.25, 0.3) is 21.9 Å². The van der Waals surface area contributed by atoms with Crippen molar-refractivity contribution in [2.45, 2.75) is 11.1 Å². The lowest BCUT2D eigenvalue weighted by Crippen LogP contribution is -2.38. The number of fused-ring (bicyclic) bond motifs is 3. The summed E-state index contributed by atoms with van der Waals surface area (Å²) in [5.74, 6) is -0.775. The summed E-state index contributed by atoms with van der Waals surface area (Å²) in [6.07, 6.45) is -4.83. The average Bonchev–Trinajstić information content (AvgIpc) is 3.25. The number of benzene rings is 4. The van der Waals surface area contributed by atoms with E-state index in [1.165, 1.54) is 24.3 Å². The standard InChI is InChI=1S/C27H18ClF3N2O4S/c28-23-13-11-18(15-22(23)27(29,30)31)33(38(35,36)19-6-2-1-3-7-19)16-26(34)32-17-10-12-21-20-8-4-5-9-24(20)37-25(21)14-17/h1-15H,16H2,(H,32,34). The van der Waals surface area contributed by atoms with Gasteiger partial charge in [-0.3, -0.25) is 9.10 Å². The highest BCUT2D eigenvalue weighted by atomic mass is 35.5. The van der Waals surface area contributed by atoms with Crippen LogP contribution in [0.4, 0.5) is 24.5 Å². The highest BCUT2D eigenvalue weighted by Crippen LogP contribution is 2.38. The minimum atomic E-state index is -4.83. The molecule has 0 unspecified atom stereocenters. The van der Waals surface area contributed by atoms with E-state index >= 15 is 0 Å². The third kappa shape index (κ3) is 4.92. The molecular weight excluding hydrogens is 541 g/mol. The first-order chi connectivity index (χ1) is 18.0. The van der Waals surface area contributed by atoms with Crippen LogP contribution in [0.1, 0.15) is 5.56 Å². The first-order valence-corrected chi connectivity index (χ1v) is 13.0. The molecule has 0 spiro atoms. The summed E-state index contributed by atoms with van der Waals surface area (Å²) in [5.41, 5.74) is -0.0977. The highest BCUT2D eigenvalue weighted by molar-refractivity contribution is 7.92. The van der Waals surface area contributed by atoms with E-state index in [1.54, 1.807) is 30.3 Å². The normalized spacial score (nSPS) is 12.1. The van der Waals surface area contributed by atoms with Crippen molar-refractivity contribution in [1.82, 2.24) is 0 Å². The maximum atomic E-state index is 13.5. The Morgan fingerprint density at radius 2 is 1.55 bits per heavy atom. The molecule has 0 saturated carbocycles. The van der Waals surface area contributed by atoms with Crippen LogP contribution in [0.2, 0.25) is 5.02 Å². The number of halogens is 4. The average molecular weight is 559 g/mol. The predicted octanol–water partition coefficient (Wildman–Crippen LogP) is 7.09. The molecule has 0 atom stereocenters. The van der Waals surface area contributed by atoms with Crippen molar-refractivity contribution in [2.24, 2.45) is 0 Å². The van der Waals surface area contributed by atoms with E-state index in [0.717, 1.165) is 22.9 Å². The van der Waals surface area contributed by atoms with E-state index in [-0.39, 0.29) is 10.6 Å². The number of hydrogen-bond donors (Lipinski definition) is 1. The lowest BCUT2D eigenvalue weighted by Gasteiger charge is -2.25. The van der Waals surface area contributed by atoms with E-state index in [0.29, 0.717) is 27.2 Å². The topological polar surface area (TPSA) is 79.6 Å². The second kappa shape index (κ2) is 9.70. The Morgan fingerprint density at radius 1 is 0.868 bits per heavy atom. The molecule has 1 amide bonds. The Bertz CT molecular complexity index is 1770. The molecule has 194 valence electrons. The number of furan rings is 1. The van der Waals surface area contributed by atoms with Crippen molar-refractivity contribution in [3.63, 3.8) is 0 Å². The number of sulfonamides is 1. The molecule has 0 saturated heterocycles. The van der Waals surface area contributed by atoms with E-state index in [2.05, 4.69) is 5.32 Å². The fraction of sp³-hybridized carbons (Fsp3) is 0.0741. The van der Waals surface area contributed by atoms with Crippen molar-refractivity contribution in [3.8, 4) is 0 Å². The van der Waals surface area contributed by atoms with Gasteiger partial charge in [0.15, 0.2) is 0 Å². The monoisotopic (exact) mass is 558 g/mol. The van der Waals surface area contributed by atoms with E-state index in [4.69, 9.17) is 16.0 Å². The number of hydrogen-bond acceptors (Lipinski definition) is 4. The Morgan fingerprint density at radius 3 is 2.29 bits per heavy atom. The maximum Gasteiger partial charge on any atom is 0.417 e. The molecule has 1 heterocycles. The van der Waals surface area contributed by atoms with Gasteiger partial charge in [0.05, 0.1) is 21.2 Å². The van der Waals surface area contributed by atoms with E-state index in [9.17, 15) is 26.4 Å². The summed E-state index contributed by atoms with van der Waals surface area (Å²) in [6.45, 7) is -0.797. The molecule has 11 heteroatoms. The fourth-order valence-electron chi connectivity index (χ4n) is 4.05. The summed E-state index contributed by atoms with van der Waals surface area (Å²) in [6, 6.07) is 22.1. The van der Waals surface area contributed by atoms with Gasteiger partial charge in [0.25, 0.3) is 10.0 Å². The number of alkyl halides is 3. The molecule has 5 rings (SSSR count). The summed E-state index contributed by atoms with van der Waals surface area (Å²) in [7, 11) is -4.43. The first-order valence-electron chi connectivity index (χ1n) is 11.2. The van der Waals surface area contributed by atoms with Gasteiger partial charge in [0.2, 0.25) is 5.91 Å². The van der Waals surface area contributed by atoms with Crippen LogP contribution < -0.4 is 9.62 Å². The van der Waals surface area contributed by atoms with Gasteiger partial charge in [-0.25, -0.2) is 8.42 Å². The number of para-hydroxylation sites is 1. The smallest absolute Gasteiger partial charge is 0.417 e. The van der Waals surface area contributed by atoms with Gasteiger partial charge >= 0.3 is 6.18 Å². The Hall–Kier alpha value is -4.02. The number of carbonyl (C=O) groups excluding carboxylic acids is 1. The Balaban J connectivity index is 1.49. The minimum absolute atomic E-state index is 0.194. The van der Waals surface area contributed by atoms with Crippen molar-refractivity contribution in [1.29, 1.82) is 0 Å². The quantitative estimate of drug-likeness (QED) is 0.241. The van der Waals surface area contributed by atoms with Crippen molar-refractivity contribution < 1.29 is 30.8 Å². The van der Waals surface area contributed by atoms with Crippen LogP contribution >= 0.6 is 11.6 Å². The van der Waals surface area contributed by atoms with Gasteiger partial charge in [-0.05, 0) is 48.5 Å². The van der Waals surface area contributed by atoms with Crippen molar-refractivity contribution in [2.75, 3.05) is 16.2 Å². The number of anilines is 2. The molecule has 38 heavy (non-hydrogen) atoms. The van der Waals surface area contributed by atoms with Crippen LogP contribution in [0.3, 0.4) is 0 Å². The SMILES string of the molecule is O=C(CN(c1ccc(Cl)c(C(F)(F)F)c1)S(=O)(=O)c1ccccc1)Nc1ccc2c(c1)oc1ccccc12. The fourth-order valence-corrected chi connectivity index (χ4v) is 5.71. The van der Waals surface area contributed by atoms with Gasteiger partial charge < -0.3 is 9.73 Å². The number of nitrogens with one attached hydrogen (secondary N) is 1. The predicted molar refractivity (Wildman–Crippen MR) is 140 cm³/mol. The molecule has 0 bridgehead atoms. The molecule has 0 aliphatic rings. The molecule has 4 aromatic carbocycles. The zero-order valence-corrected chi connectivity index (χ0v) is 20.9. The third-order valence-electron chi connectivity index (χ3n) is 5.82. The number of carbonyl (C=O) groups is 1. The van der Waals surface area contributed by atoms with Gasteiger partial charge in [-0.15, -0.1) is 0 Å². The molecule has 1 N–H and O–H groups in total. The second-order valence-corrected chi connectivity index (χ2v) is 10.6. The Kier molecular flexibility index (Phi) is 6.54. The largest absolute Gasteiger partial charge is 0.456 e. The molecule has 5 aromatic rings. The number of amides is 1. The maximum absolute atomic E-state index is 13.5. The van der Waals surface area contributed by atoms with Crippen molar-refractivity contribution >= 4 is 60.8 Å². The minimum Gasteiger partial charge on any atom is -0.456 e. The van der Waals surface area contributed by atoms with Crippen LogP contribution in [0.5, 0.6) is 0 Å². The van der Waals surface area contributed by atoms with Crippen LogP contribution in [-0.4, -0.2) is 20.9 Å². The molecule has 0 fully saturated rings. The second-order valence-electron chi connectivity index (χ2n) is 8.34. The van der Waals surface area contributed by atoms with Gasteiger partial charge in [0.1, 0.15) is 17.7 Å². The Labute approximate surface area is 220 Å². The van der Waals surface area contributed by atoms with E-state index in [1.807, 2.05) is 18.2 Å². The molecule has 0 radical (unpaired) electrons. The number of rotatable bonds is 6. The highest BCUT2D eigenvalue weighted by Gasteiger charge is 2.35. The molecule has 0 aliphatic heterocycles. The molecule has 1 aromatic heterocycles. The van der Waals surface area contributed by atoms with Gasteiger partial charge in [-0.1, -0.05) is 48.0 Å². The summed E-state index contributed by atoms with van der Waals surface area (Å²) < 4.78 is 73.9. The summed E-state index contributed by atoms with van der Waals surface area (Å²) in [5, 5.41) is 3.73. The summed E-state index contributed by atoms with van der Waals surface area (Å²) in [4.78, 5) is 12.8. The molecule has 6 nitrogen and oxygen atoms in total. The third-order valence-corrected chi connectivity index (χ3v) is 7.94. The van der Waals surface area contributed by atoms with Crippen LogP contribution in [0, 0.1) is 0 Å². The zero-order chi connectivity index (χ0) is 27.1. The lowest BCUT2D eigenvalue weighted by atomic mass is 10.1. The first kappa shape index (κ1) is 25.6. The van der Waals surface area contributed by atoms with Crippen LogP contribution in [-0.2, 0) is 21.0 Å². The van der Waals surface area contributed by atoms with Crippen LogP contribution in [0.15, 0.2) is 100 Å². The van der Waals surface area contributed by atoms with Gasteiger partial charge in [0, 0.05) is 22.5 Å². The van der Waals surface area contributed by atoms with Gasteiger partial charge in [-0.2, -0.15) is 13.2 Å². The molecular formula is C27H18ClF3N2O4S. The van der Waals surface area contributed by atoms with E-state index < -0.39 is 39.2 Å². The zero-order valence-electron chi connectivity index (χ0n) is 19.4.